The van der Waals surface area contributed by atoms with Crippen LogP contribution in [0.15, 0.2) is 18.2 Å². The molecule has 0 fully saturated rings. The van der Waals surface area contributed by atoms with E-state index in [1.165, 1.54) is 0 Å². The minimum Gasteiger partial charge on any atom is -0.480 e. The fourth-order valence-corrected chi connectivity index (χ4v) is 2.16. The molecule has 1 heterocycles. The highest BCUT2D eigenvalue weighted by Gasteiger charge is 2.22. The van der Waals surface area contributed by atoms with Crippen LogP contribution in [-0.4, -0.2) is 28.9 Å². The number of carbonyl (C=O) groups is 3. The van der Waals surface area contributed by atoms with Crippen LogP contribution < -0.4 is 10.6 Å². The number of amides is 2. The van der Waals surface area contributed by atoms with Crippen LogP contribution >= 0.6 is 0 Å². The molecule has 0 aromatic heterocycles. The molecular weight excluding hydrogens is 260 g/mol. The second-order valence-electron chi connectivity index (χ2n) is 4.75. The zero-order chi connectivity index (χ0) is 14.7. The largest absolute Gasteiger partial charge is 0.480 e. The molecule has 3 N–H and O–H groups in total. The van der Waals surface area contributed by atoms with Crippen molar-refractivity contribution in [1.29, 1.82) is 0 Å². The van der Waals surface area contributed by atoms with Crippen molar-refractivity contribution < 1.29 is 19.5 Å². The lowest BCUT2D eigenvalue weighted by molar-refractivity contribution is -0.139. The van der Waals surface area contributed by atoms with Gasteiger partial charge in [-0.25, -0.2) is 4.79 Å². The molecule has 6 heteroatoms. The second kappa shape index (κ2) is 5.73. The quantitative estimate of drug-likeness (QED) is 0.752. The fraction of sp³-hybridized carbons (Fsp3) is 0.357. The summed E-state index contributed by atoms with van der Waals surface area (Å²) in [6, 6.07) is 3.96. The molecule has 6 nitrogen and oxygen atoms in total. The minimum absolute atomic E-state index is 0.105. The van der Waals surface area contributed by atoms with Crippen LogP contribution in [0.4, 0.5) is 5.69 Å². The number of hydrogen-bond acceptors (Lipinski definition) is 3. The number of carboxylic acid groups (broad SMARTS) is 1. The standard InChI is InChI=1S/C14H16N2O4/c1-2-3-11(14(19)20)16-13(18)8-4-5-10-9(6-8)7-12(17)15-10/h4-6,11H,2-3,7H2,1H3,(H,15,17)(H,16,18)(H,19,20)/t11-/m1/s1. The summed E-state index contributed by atoms with van der Waals surface area (Å²) in [4.78, 5) is 34.3. The van der Waals surface area contributed by atoms with Crippen molar-refractivity contribution in [2.75, 3.05) is 5.32 Å². The van der Waals surface area contributed by atoms with Crippen LogP contribution in [0.5, 0.6) is 0 Å². The van der Waals surface area contributed by atoms with Crippen molar-refractivity contribution in [3.8, 4) is 0 Å². The normalized spacial score (nSPS) is 14.3. The summed E-state index contributed by atoms with van der Waals surface area (Å²) in [5, 5.41) is 14.2. The van der Waals surface area contributed by atoms with Crippen LogP contribution in [0.3, 0.4) is 0 Å². The predicted octanol–water partition coefficient (Wildman–Crippen LogP) is 1.16. The Morgan fingerprint density at radius 3 is 2.85 bits per heavy atom. The Bertz CT molecular complexity index is 568. The van der Waals surface area contributed by atoms with E-state index in [4.69, 9.17) is 5.11 Å². The smallest absolute Gasteiger partial charge is 0.326 e. The lowest BCUT2D eigenvalue weighted by Gasteiger charge is -2.13. The average molecular weight is 276 g/mol. The van der Waals surface area contributed by atoms with Crippen molar-refractivity contribution in [1.82, 2.24) is 5.32 Å². The van der Waals surface area contributed by atoms with Crippen LogP contribution in [0.25, 0.3) is 0 Å². The van der Waals surface area contributed by atoms with Gasteiger partial charge in [0.15, 0.2) is 0 Å². The van der Waals surface area contributed by atoms with E-state index in [1.807, 2.05) is 6.92 Å². The highest BCUT2D eigenvalue weighted by atomic mass is 16.4. The van der Waals surface area contributed by atoms with Crippen LogP contribution in [0.1, 0.15) is 35.7 Å². The maximum atomic E-state index is 12.0. The van der Waals surface area contributed by atoms with E-state index in [2.05, 4.69) is 10.6 Å². The summed E-state index contributed by atoms with van der Waals surface area (Å²) in [5.74, 6) is -1.59. The third kappa shape index (κ3) is 2.96. The van der Waals surface area contributed by atoms with Crippen molar-refractivity contribution in [2.45, 2.75) is 32.2 Å². The van der Waals surface area contributed by atoms with Gasteiger partial charge in [0.2, 0.25) is 5.91 Å². The Labute approximate surface area is 116 Å². The van der Waals surface area contributed by atoms with Gasteiger partial charge in [-0.05, 0) is 30.2 Å². The Hall–Kier alpha value is -2.37. The summed E-state index contributed by atoms with van der Waals surface area (Å²) in [7, 11) is 0. The van der Waals surface area contributed by atoms with Gasteiger partial charge in [-0.3, -0.25) is 9.59 Å². The maximum Gasteiger partial charge on any atom is 0.326 e. The number of fused-ring (bicyclic) bond motifs is 1. The molecule has 1 aromatic carbocycles. The van der Waals surface area contributed by atoms with Crippen molar-refractivity contribution >= 4 is 23.5 Å². The van der Waals surface area contributed by atoms with Gasteiger partial charge in [-0.2, -0.15) is 0 Å². The fourth-order valence-electron chi connectivity index (χ4n) is 2.16. The van der Waals surface area contributed by atoms with E-state index in [1.54, 1.807) is 18.2 Å². The summed E-state index contributed by atoms with van der Waals surface area (Å²) in [6.07, 6.45) is 1.29. The number of nitrogens with one attached hydrogen (secondary N) is 2. The number of aliphatic carboxylic acids is 1. The lowest BCUT2D eigenvalue weighted by atomic mass is 10.1. The number of anilines is 1. The van der Waals surface area contributed by atoms with E-state index in [0.717, 1.165) is 5.56 Å². The van der Waals surface area contributed by atoms with Crippen molar-refractivity contribution in [3.63, 3.8) is 0 Å². The van der Waals surface area contributed by atoms with Crippen LogP contribution in [0, 0.1) is 0 Å². The Balaban J connectivity index is 2.12. The first-order chi connectivity index (χ1) is 9.51. The highest BCUT2D eigenvalue weighted by molar-refractivity contribution is 6.02. The summed E-state index contributed by atoms with van der Waals surface area (Å²) in [5.41, 5.74) is 1.82. The Kier molecular flexibility index (Phi) is 4.02. The van der Waals surface area contributed by atoms with Crippen LogP contribution in [-0.2, 0) is 16.0 Å². The molecule has 20 heavy (non-hydrogen) atoms. The molecule has 1 atom stereocenters. The molecule has 0 unspecified atom stereocenters. The van der Waals surface area contributed by atoms with Gasteiger partial charge in [0.1, 0.15) is 6.04 Å². The molecule has 0 saturated carbocycles. The first kappa shape index (κ1) is 14.0. The van der Waals surface area contributed by atoms with Gasteiger partial charge in [0.05, 0.1) is 6.42 Å². The van der Waals surface area contributed by atoms with Gasteiger partial charge >= 0.3 is 5.97 Å². The predicted molar refractivity (Wildman–Crippen MR) is 72.6 cm³/mol. The average Bonchev–Trinajstić information content (AvgIpc) is 2.76. The molecule has 1 aliphatic rings. The molecule has 0 spiro atoms. The van der Waals surface area contributed by atoms with Gasteiger partial charge < -0.3 is 15.7 Å². The lowest BCUT2D eigenvalue weighted by Crippen LogP contribution is -2.40. The molecule has 2 amide bonds. The first-order valence-electron chi connectivity index (χ1n) is 6.47. The topological polar surface area (TPSA) is 95.5 Å². The van der Waals surface area contributed by atoms with E-state index in [0.29, 0.717) is 24.1 Å². The molecule has 0 radical (unpaired) electrons. The molecule has 1 aliphatic heterocycles. The Morgan fingerprint density at radius 2 is 2.20 bits per heavy atom. The molecular formula is C14H16N2O4. The number of carbonyl (C=O) groups excluding carboxylic acids is 2. The zero-order valence-electron chi connectivity index (χ0n) is 11.1. The van der Waals surface area contributed by atoms with Crippen molar-refractivity contribution in [3.05, 3.63) is 29.3 Å². The molecule has 2 rings (SSSR count). The highest BCUT2D eigenvalue weighted by Crippen LogP contribution is 2.23. The number of hydrogen-bond donors (Lipinski definition) is 3. The van der Waals surface area contributed by atoms with Crippen LogP contribution in [0.2, 0.25) is 0 Å². The maximum absolute atomic E-state index is 12.0. The SMILES string of the molecule is CCC[C@@H](NC(=O)c1ccc2c(c1)CC(=O)N2)C(=O)O. The monoisotopic (exact) mass is 276 g/mol. The zero-order valence-corrected chi connectivity index (χ0v) is 11.1. The number of carboxylic acids is 1. The molecule has 106 valence electrons. The van der Waals surface area contributed by atoms with E-state index < -0.39 is 17.9 Å². The van der Waals surface area contributed by atoms with Gasteiger partial charge in [-0.15, -0.1) is 0 Å². The van der Waals surface area contributed by atoms with E-state index in [-0.39, 0.29) is 12.3 Å². The summed E-state index contributed by atoms with van der Waals surface area (Å²) >= 11 is 0. The van der Waals surface area contributed by atoms with Gasteiger partial charge in [-0.1, -0.05) is 13.3 Å². The number of benzene rings is 1. The number of rotatable bonds is 5. The van der Waals surface area contributed by atoms with E-state index in [9.17, 15) is 14.4 Å². The molecule has 0 saturated heterocycles. The van der Waals surface area contributed by atoms with Gasteiger partial charge in [0, 0.05) is 11.3 Å². The second-order valence-corrected chi connectivity index (χ2v) is 4.75. The Morgan fingerprint density at radius 1 is 1.45 bits per heavy atom. The molecule has 0 aliphatic carbocycles. The first-order valence-corrected chi connectivity index (χ1v) is 6.47. The molecule has 0 bridgehead atoms. The van der Waals surface area contributed by atoms with E-state index >= 15 is 0 Å². The minimum atomic E-state index is -1.04. The third-order valence-electron chi connectivity index (χ3n) is 3.17. The van der Waals surface area contributed by atoms with Gasteiger partial charge in [0.25, 0.3) is 5.91 Å². The third-order valence-corrected chi connectivity index (χ3v) is 3.17. The van der Waals surface area contributed by atoms with Crippen molar-refractivity contribution in [2.24, 2.45) is 0 Å². The summed E-state index contributed by atoms with van der Waals surface area (Å²) < 4.78 is 0. The summed E-state index contributed by atoms with van der Waals surface area (Å²) in [6.45, 7) is 1.86. The molecule has 1 aromatic rings.